The molecule has 1 heterocycles. The van der Waals surface area contributed by atoms with Gasteiger partial charge in [0, 0.05) is 11.8 Å². The van der Waals surface area contributed by atoms with E-state index in [1.165, 1.54) is 18.2 Å². The molecule has 0 aliphatic carbocycles. The minimum absolute atomic E-state index is 0.299. The van der Waals surface area contributed by atoms with Crippen molar-refractivity contribution in [2.75, 3.05) is 5.32 Å². The number of pyridine rings is 1. The van der Waals surface area contributed by atoms with Gasteiger partial charge in [-0.25, -0.2) is 9.37 Å². The quantitative estimate of drug-likeness (QED) is 0.862. The summed E-state index contributed by atoms with van der Waals surface area (Å²) < 4.78 is 13.7. The normalized spacial score (nSPS) is 10.2. The van der Waals surface area contributed by atoms with Crippen LogP contribution in [0.5, 0.6) is 0 Å². The van der Waals surface area contributed by atoms with Crippen LogP contribution >= 0.6 is 15.9 Å². The molecule has 0 saturated carbocycles. The van der Waals surface area contributed by atoms with Crippen LogP contribution in [0, 0.1) is 12.7 Å². The molecule has 5 heteroatoms. The van der Waals surface area contributed by atoms with Crippen LogP contribution in [-0.4, -0.2) is 10.9 Å². The third-order valence-corrected chi connectivity index (χ3v) is 3.06. The molecule has 0 radical (unpaired) electrons. The van der Waals surface area contributed by atoms with E-state index in [1.54, 1.807) is 25.3 Å². The molecule has 1 N–H and O–H groups in total. The smallest absolute Gasteiger partial charge is 0.255 e. The maximum Gasteiger partial charge on any atom is 0.255 e. The third-order valence-electron chi connectivity index (χ3n) is 2.43. The standard InChI is InChI=1S/C13H10BrFN2O/c1-8-7-9(4-5-10(8)15)13(18)17-11-3-2-6-16-12(11)14/h2-7H,1H3,(H,17,18). The van der Waals surface area contributed by atoms with E-state index < -0.39 is 0 Å². The minimum Gasteiger partial charge on any atom is -0.320 e. The average Bonchev–Trinajstić information content (AvgIpc) is 2.35. The Morgan fingerprint density at radius 3 is 2.83 bits per heavy atom. The second-order valence-corrected chi connectivity index (χ2v) is 4.51. The Hall–Kier alpha value is -1.75. The molecule has 1 aromatic heterocycles. The molecular weight excluding hydrogens is 299 g/mol. The maximum absolute atomic E-state index is 13.1. The fraction of sp³-hybridized carbons (Fsp3) is 0.0769. The zero-order chi connectivity index (χ0) is 13.1. The number of aryl methyl sites for hydroxylation is 1. The summed E-state index contributed by atoms with van der Waals surface area (Å²) in [5.74, 6) is -0.624. The lowest BCUT2D eigenvalue weighted by Gasteiger charge is -2.07. The van der Waals surface area contributed by atoms with E-state index in [2.05, 4.69) is 26.2 Å². The molecule has 0 aliphatic rings. The van der Waals surface area contributed by atoms with Crippen LogP contribution in [-0.2, 0) is 0 Å². The maximum atomic E-state index is 13.1. The molecule has 1 aromatic carbocycles. The molecule has 0 spiro atoms. The lowest BCUT2D eigenvalue weighted by molar-refractivity contribution is 0.102. The molecule has 2 rings (SSSR count). The van der Waals surface area contributed by atoms with Crippen molar-refractivity contribution in [3.05, 3.63) is 58.1 Å². The fourth-order valence-corrected chi connectivity index (χ4v) is 1.81. The minimum atomic E-state index is -0.325. The predicted octanol–water partition coefficient (Wildman–Crippen LogP) is 3.54. The first-order chi connectivity index (χ1) is 8.58. The summed E-state index contributed by atoms with van der Waals surface area (Å²) in [6.07, 6.45) is 1.61. The van der Waals surface area contributed by atoms with Gasteiger partial charge >= 0.3 is 0 Å². The zero-order valence-electron chi connectivity index (χ0n) is 9.58. The van der Waals surface area contributed by atoms with Crippen LogP contribution in [0.3, 0.4) is 0 Å². The molecular formula is C13H10BrFN2O. The Bertz CT molecular complexity index is 601. The van der Waals surface area contributed by atoms with Gasteiger partial charge in [-0.05, 0) is 58.7 Å². The van der Waals surface area contributed by atoms with Crippen molar-refractivity contribution in [3.63, 3.8) is 0 Å². The molecule has 92 valence electrons. The number of anilines is 1. The van der Waals surface area contributed by atoms with Crippen LogP contribution in [0.25, 0.3) is 0 Å². The summed E-state index contributed by atoms with van der Waals surface area (Å²) in [5.41, 5.74) is 1.42. The Kier molecular flexibility index (Phi) is 3.72. The van der Waals surface area contributed by atoms with E-state index in [1.807, 2.05) is 0 Å². The molecule has 0 atom stereocenters. The van der Waals surface area contributed by atoms with Gasteiger partial charge in [0.15, 0.2) is 0 Å². The molecule has 0 fully saturated rings. The Morgan fingerprint density at radius 1 is 1.39 bits per heavy atom. The SMILES string of the molecule is Cc1cc(C(=O)Nc2cccnc2Br)ccc1F. The van der Waals surface area contributed by atoms with Crippen LogP contribution in [0.2, 0.25) is 0 Å². The van der Waals surface area contributed by atoms with Crippen LogP contribution in [0.15, 0.2) is 41.1 Å². The number of amides is 1. The summed E-state index contributed by atoms with van der Waals surface area (Å²) in [5, 5.41) is 2.70. The predicted molar refractivity (Wildman–Crippen MR) is 71.0 cm³/mol. The average molecular weight is 309 g/mol. The van der Waals surface area contributed by atoms with Crippen LogP contribution in [0.4, 0.5) is 10.1 Å². The third kappa shape index (κ3) is 2.73. The molecule has 3 nitrogen and oxygen atoms in total. The molecule has 0 bridgehead atoms. The highest BCUT2D eigenvalue weighted by molar-refractivity contribution is 9.10. The van der Waals surface area contributed by atoms with Gasteiger partial charge in [0.05, 0.1) is 5.69 Å². The first-order valence-electron chi connectivity index (χ1n) is 5.26. The highest BCUT2D eigenvalue weighted by atomic mass is 79.9. The number of carbonyl (C=O) groups is 1. The number of hydrogen-bond acceptors (Lipinski definition) is 2. The summed E-state index contributed by atoms with van der Waals surface area (Å²) in [6.45, 7) is 1.62. The molecule has 0 aliphatic heterocycles. The Morgan fingerprint density at radius 2 is 2.17 bits per heavy atom. The summed E-state index contributed by atoms with van der Waals surface area (Å²) in [7, 11) is 0. The Balaban J connectivity index is 2.22. The largest absolute Gasteiger partial charge is 0.320 e. The molecule has 1 amide bonds. The van der Waals surface area contributed by atoms with Crippen LogP contribution < -0.4 is 5.32 Å². The number of carbonyl (C=O) groups excluding carboxylic acids is 1. The highest BCUT2D eigenvalue weighted by Gasteiger charge is 2.09. The fourth-order valence-electron chi connectivity index (χ4n) is 1.46. The molecule has 0 saturated heterocycles. The first kappa shape index (κ1) is 12.7. The number of rotatable bonds is 2. The number of hydrogen-bond donors (Lipinski definition) is 1. The number of nitrogens with zero attached hydrogens (tertiary/aromatic N) is 1. The van der Waals surface area contributed by atoms with Crippen molar-refractivity contribution in [2.24, 2.45) is 0 Å². The van der Waals surface area contributed by atoms with Gasteiger partial charge in [-0.15, -0.1) is 0 Å². The van der Waals surface area contributed by atoms with Crippen molar-refractivity contribution >= 4 is 27.5 Å². The van der Waals surface area contributed by atoms with E-state index in [0.29, 0.717) is 21.4 Å². The summed E-state index contributed by atoms with van der Waals surface area (Å²) in [6, 6.07) is 7.68. The van der Waals surface area contributed by atoms with Crippen molar-refractivity contribution in [2.45, 2.75) is 6.92 Å². The van der Waals surface area contributed by atoms with Crippen molar-refractivity contribution in [3.8, 4) is 0 Å². The van der Waals surface area contributed by atoms with Gasteiger partial charge < -0.3 is 5.32 Å². The van der Waals surface area contributed by atoms with Gasteiger partial charge in [0.1, 0.15) is 10.4 Å². The second kappa shape index (κ2) is 5.27. The van der Waals surface area contributed by atoms with Gasteiger partial charge in [-0.3, -0.25) is 4.79 Å². The van der Waals surface area contributed by atoms with Gasteiger partial charge in [-0.2, -0.15) is 0 Å². The van der Waals surface area contributed by atoms with Crippen molar-refractivity contribution in [1.82, 2.24) is 4.98 Å². The van der Waals surface area contributed by atoms with E-state index >= 15 is 0 Å². The highest BCUT2D eigenvalue weighted by Crippen LogP contribution is 2.19. The number of aromatic nitrogens is 1. The lowest BCUT2D eigenvalue weighted by atomic mass is 10.1. The molecule has 0 unspecified atom stereocenters. The number of nitrogens with one attached hydrogen (secondary N) is 1. The topological polar surface area (TPSA) is 42.0 Å². The second-order valence-electron chi connectivity index (χ2n) is 3.76. The zero-order valence-corrected chi connectivity index (χ0v) is 11.2. The van der Waals surface area contributed by atoms with Gasteiger partial charge in [-0.1, -0.05) is 0 Å². The Labute approximate surface area is 112 Å². The van der Waals surface area contributed by atoms with Crippen LogP contribution in [0.1, 0.15) is 15.9 Å². The van der Waals surface area contributed by atoms with Crippen molar-refractivity contribution < 1.29 is 9.18 Å². The lowest BCUT2D eigenvalue weighted by Crippen LogP contribution is -2.12. The van der Waals surface area contributed by atoms with E-state index in [4.69, 9.17) is 0 Å². The molecule has 2 aromatic rings. The summed E-state index contributed by atoms with van der Waals surface area (Å²) >= 11 is 3.24. The van der Waals surface area contributed by atoms with E-state index in [0.717, 1.165) is 0 Å². The number of halogens is 2. The van der Waals surface area contributed by atoms with Gasteiger partial charge in [0.2, 0.25) is 0 Å². The van der Waals surface area contributed by atoms with E-state index in [9.17, 15) is 9.18 Å². The summed E-state index contributed by atoms with van der Waals surface area (Å²) in [4.78, 5) is 15.9. The van der Waals surface area contributed by atoms with Crippen molar-refractivity contribution in [1.29, 1.82) is 0 Å². The van der Waals surface area contributed by atoms with E-state index in [-0.39, 0.29) is 11.7 Å². The molecule has 18 heavy (non-hydrogen) atoms. The first-order valence-corrected chi connectivity index (χ1v) is 6.05. The monoisotopic (exact) mass is 308 g/mol. The van der Waals surface area contributed by atoms with Gasteiger partial charge in [0.25, 0.3) is 5.91 Å². The number of benzene rings is 1.